The van der Waals surface area contributed by atoms with Crippen LogP contribution >= 0.6 is 11.8 Å². The highest BCUT2D eigenvalue weighted by Crippen LogP contribution is 2.19. The van der Waals surface area contributed by atoms with Crippen molar-refractivity contribution in [3.63, 3.8) is 0 Å². The molecule has 0 amide bonds. The van der Waals surface area contributed by atoms with E-state index in [1.54, 1.807) is 7.11 Å². The smallest absolute Gasteiger partial charge is 0.156 e. The number of hydrogen-bond acceptors (Lipinski definition) is 3. The highest BCUT2D eigenvalue weighted by Gasteiger charge is 2.22. The Morgan fingerprint density at radius 1 is 1.37 bits per heavy atom. The van der Waals surface area contributed by atoms with Gasteiger partial charge in [0.15, 0.2) is 5.17 Å². The summed E-state index contributed by atoms with van der Waals surface area (Å²) < 4.78 is 5.15. The molecule has 0 radical (unpaired) electrons. The molecule has 2 rings (SSSR count). The van der Waals surface area contributed by atoms with Gasteiger partial charge in [0, 0.05) is 18.3 Å². The van der Waals surface area contributed by atoms with Crippen LogP contribution in [0.4, 0.5) is 0 Å². The van der Waals surface area contributed by atoms with Crippen LogP contribution in [0.3, 0.4) is 0 Å². The van der Waals surface area contributed by atoms with Crippen LogP contribution in [0, 0.1) is 5.92 Å². The molecule has 1 N–H and O–H groups in total. The molecule has 1 aromatic carbocycles. The Morgan fingerprint density at radius 2 is 2.11 bits per heavy atom. The zero-order chi connectivity index (χ0) is 13.7. The van der Waals surface area contributed by atoms with Gasteiger partial charge in [0.2, 0.25) is 0 Å². The van der Waals surface area contributed by atoms with Gasteiger partial charge >= 0.3 is 0 Å². The highest BCUT2D eigenvalue weighted by atomic mass is 32.2. The van der Waals surface area contributed by atoms with E-state index in [-0.39, 0.29) is 0 Å². The number of benzene rings is 1. The summed E-state index contributed by atoms with van der Waals surface area (Å²) in [5, 5.41) is 4.59. The fourth-order valence-electron chi connectivity index (χ4n) is 1.94. The number of nitrogens with zero attached hydrogens (tertiary/aromatic N) is 1. The minimum atomic E-state index is 0.574. The second kappa shape index (κ2) is 6.85. The first-order chi connectivity index (χ1) is 9.19. The molecule has 3 nitrogen and oxygen atoms in total. The number of amidine groups is 1. The molecule has 1 aliphatic heterocycles. The summed E-state index contributed by atoms with van der Waals surface area (Å²) in [6.45, 7) is 5.34. The van der Waals surface area contributed by atoms with Crippen molar-refractivity contribution in [3.8, 4) is 5.75 Å². The molecular weight excluding hydrogens is 256 g/mol. The molecule has 1 saturated heterocycles. The average molecular weight is 278 g/mol. The molecular formula is C15H22N2OS. The Labute approximate surface area is 119 Å². The van der Waals surface area contributed by atoms with Crippen LogP contribution in [0.1, 0.15) is 19.4 Å². The highest BCUT2D eigenvalue weighted by molar-refractivity contribution is 8.14. The molecule has 1 aliphatic rings. The predicted molar refractivity (Wildman–Crippen MR) is 83.2 cm³/mol. The number of hydrogen-bond donors (Lipinski definition) is 1. The van der Waals surface area contributed by atoms with E-state index >= 15 is 0 Å². The second-order valence-corrected chi connectivity index (χ2v) is 6.10. The molecule has 0 aromatic heterocycles. The van der Waals surface area contributed by atoms with Gasteiger partial charge in [-0.25, -0.2) is 0 Å². The standard InChI is InChI=1S/C15H22N2OS/c1-11(2)14-10-19-15(17-14)16-9-8-12-4-6-13(18-3)7-5-12/h4-7,11,14H,8-10H2,1-3H3,(H,16,17). The maximum absolute atomic E-state index is 5.15. The van der Waals surface area contributed by atoms with Crippen molar-refractivity contribution >= 4 is 16.9 Å². The third kappa shape index (κ3) is 4.16. The topological polar surface area (TPSA) is 33.6 Å². The Balaban J connectivity index is 1.79. The number of aliphatic imine (C=N–C) groups is 1. The summed E-state index contributed by atoms with van der Waals surface area (Å²) in [6, 6.07) is 8.78. The summed E-state index contributed by atoms with van der Waals surface area (Å²) >= 11 is 1.84. The maximum atomic E-state index is 5.15. The molecule has 104 valence electrons. The maximum Gasteiger partial charge on any atom is 0.156 e. The van der Waals surface area contributed by atoms with Gasteiger partial charge in [0.1, 0.15) is 5.75 Å². The predicted octanol–water partition coefficient (Wildman–Crippen LogP) is 2.95. The minimum absolute atomic E-state index is 0.574. The Kier molecular flexibility index (Phi) is 5.14. The van der Waals surface area contributed by atoms with Gasteiger partial charge in [0.25, 0.3) is 0 Å². The van der Waals surface area contributed by atoms with Crippen molar-refractivity contribution < 1.29 is 4.74 Å². The van der Waals surface area contributed by atoms with Crippen LogP contribution in [0.5, 0.6) is 5.75 Å². The lowest BCUT2D eigenvalue weighted by Crippen LogP contribution is -2.31. The first kappa shape index (κ1) is 14.3. The molecule has 1 heterocycles. The average Bonchev–Trinajstić information content (AvgIpc) is 2.89. The van der Waals surface area contributed by atoms with E-state index in [4.69, 9.17) is 4.74 Å². The van der Waals surface area contributed by atoms with E-state index in [2.05, 4.69) is 36.3 Å². The minimum Gasteiger partial charge on any atom is -0.497 e. The fraction of sp³-hybridized carbons (Fsp3) is 0.533. The summed E-state index contributed by atoms with van der Waals surface area (Å²) in [5.74, 6) is 2.71. The van der Waals surface area contributed by atoms with Crippen molar-refractivity contribution in [2.75, 3.05) is 19.4 Å². The molecule has 0 spiro atoms. The van der Waals surface area contributed by atoms with E-state index in [9.17, 15) is 0 Å². The van der Waals surface area contributed by atoms with Crippen LogP contribution in [0.2, 0.25) is 0 Å². The van der Waals surface area contributed by atoms with Gasteiger partial charge in [0.05, 0.1) is 7.11 Å². The van der Waals surface area contributed by atoms with Crippen molar-refractivity contribution in [2.24, 2.45) is 10.9 Å². The third-order valence-electron chi connectivity index (χ3n) is 3.33. The molecule has 19 heavy (non-hydrogen) atoms. The molecule has 0 bridgehead atoms. The van der Waals surface area contributed by atoms with Crippen molar-refractivity contribution in [1.29, 1.82) is 0 Å². The first-order valence-corrected chi connectivity index (χ1v) is 7.74. The Morgan fingerprint density at radius 3 is 2.68 bits per heavy atom. The Bertz CT molecular complexity index is 428. The monoisotopic (exact) mass is 278 g/mol. The summed E-state index contributed by atoms with van der Waals surface area (Å²) in [4.78, 5) is 4.63. The first-order valence-electron chi connectivity index (χ1n) is 6.75. The molecule has 4 heteroatoms. The quantitative estimate of drug-likeness (QED) is 0.899. The summed E-state index contributed by atoms with van der Waals surface area (Å²) in [6.07, 6.45) is 0.974. The summed E-state index contributed by atoms with van der Waals surface area (Å²) in [7, 11) is 1.69. The van der Waals surface area contributed by atoms with E-state index in [1.807, 2.05) is 23.9 Å². The van der Waals surface area contributed by atoms with Crippen molar-refractivity contribution in [2.45, 2.75) is 26.3 Å². The van der Waals surface area contributed by atoms with Crippen LogP contribution < -0.4 is 10.1 Å². The summed E-state index contributed by atoms with van der Waals surface area (Å²) in [5.41, 5.74) is 1.30. The number of methoxy groups -OCH3 is 1. The zero-order valence-electron chi connectivity index (χ0n) is 11.8. The molecule has 0 saturated carbocycles. The van der Waals surface area contributed by atoms with Crippen molar-refractivity contribution in [3.05, 3.63) is 29.8 Å². The number of nitrogens with one attached hydrogen (secondary N) is 1. The van der Waals surface area contributed by atoms with Crippen LogP contribution in [0.25, 0.3) is 0 Å². The molecule has 1 unspecified atom stereocenters. The number of ether oxygens (including phenoxy) is 1. The van der Waals surface area contributed by atoms with Gasteiger partial charge in [-0.3, -0.25) is 4.99 Å². The van der Waals surface area contributed by atoms with Crippen LogP contribution in [-0.4, -0.2) is 30.6 Å². The largest absolute Gasteiger partial charge is 0.497 e. The van der Waals surface area contributed by atoms with E-state index < -0.39 is 0 Å². The normalized spacial score (nSPS) is 20.8. The fourth-order valence-corrected chi connectivity index (χ4v) is 3.16. The SMILES string of the molecule is COc1ccc(CCN=C2NC(C(C)C)CS2)cc1. The number of thioether (sulfide) groups is 1. The zero-order valence-corrected chi connectivity index (χ0v) is 12.7. The van der Waals surface area contributed by atoms with Crippen molar-refractivity contribution in [1.82, 2.24) is 5.32 Å². The lowest BCUT2D eigenvalue weighted by molar-refractivity contribution is 0.414. The van der Waals surface area contributed by atoms with Gasteiger partial charge in [-0.15, -0.1) is 0 Å². The Hall–Kier alpha value is -1.16. The molecule has 1 atom stereocenters. The van der Waals surface area contributed by atoms with Crippen LogP contribution in [-0.2, 0) is 6.42 Å². The number of rotatable bonds is 5. The van der Waals surface area contributed by atoms with Gasteiger partial charge < -0.3 is 10.1 Å². The van der Waals surface area contributed by atoms with E-state index in [1.165, 1.54) is 5.56 Å². The van der Waals surface area contributed by atoms with Crippen LogP contribution in [0.15, 0.2) is 29.3 Å². The van der Waals surface area contributed by atoms with Gasteiger partial charge in [-0.05, 0) is 30.0 Å². The molecule has 1 fully saturated rings. The lowest BCUT2D eigenvalue weighted by atomic mass is 10.1. The van der Waals surface area contributed by atoms with Gasteiger partial charge in [-0.1, -0.05) is 37.7 Å². The van der Waals surface area contributed by atoms with Gasteiger partial charge in [-0.2, -0.15) is 0 Å². The van der Waals surface area contributed by atoms with E-state index in [0.29, 0.717) is 12.0 Å². The second-order valence-electron chi connectivity index (χ2n) is 5.09. The molecule has 1 aromatic rings. The van der Waals surface area contributed by atoms with E-state index in [0.717, 1.165) is 29.6 Å². The third-order valence-corrected chi connectivity index (χ3v) is 4.37. The lowest BCUT2D eigenvalue weighted by Gasteiger charge is -2.13. The molecule has 0 aliphatic carbocycles.